The lowest BCUT2D eigenvalue weighted by Gasteiger charge is -2.18. The topological polar surface area (TPSA) is 86.4 Å². The second kappa shape index (κ2) is 8.62. The molecule has 144 valence electrons. The van der Waals surface area contributed by atoms with Crippen LogP contribution in [0.25, 0.3) is 0 Å². The first-order chi connectivity index (χ1) is 13.5. The Morgan fingerprint density at radius 2 is 1.96 bits per heavy atom. The van der Waals surface area contributed by atoms with Crippen LogP contribution in [0.5, 0.6) is 0 Å². The predicted octanol–water partition coefficient (Wildman–Crippen LogP) is 3.38. The van der Waals surface area contributed by atoms with Gasteiger partial charge in [-0.1, -0.05) is 19.1 Å². The monoisotopic (exact) mass is 397 g/mol. The van der Waals surface area contributed by atoms with E-state index >= 15 is 0 Å². The quantitative estimate of drug-likeness (QED) is 0.362. The van der Waals surface area contributed by atoms with Gasteiger partial charge in [0.15, 0.2) is 11.3 Å². The molecule has 0 saturated carbocycles. The SMILES string of the molecule is CCc1ccc(N(C(C)=O)c2nc(COC(=O)c3cccc[n+]3[O-])cs2)cc1. The summed E-state index contributed by atoms with van der Waals surface area (Å²) in [6, 6.07) is 12.2. The van der Waals surface area contributed by atoms with Gasteiger partial charge in [-0.25, -0.2) is 9.78 Å². The van der Waals surface area contributed by atoms with Crippen LogP contribution in [0.4, 0.5) is 10.8 Å². The smallest absolute Gasteiger partial charge is 0.405 e. The number of pyridine rings is 1. The van der Waals surface area contributed by atoms with Crippen molar-refractivity contribution >= 4 is 34.0 Å². The summed E-state index contributed by atoms with van der Waals surface area (Å²) in [5.74, 6) is -0.900. The van der Waals surface area contributed by atoms with Crippen molar-refractivity contribution < 1.29 is 19.1 Å². The third-order valence-electron chi connectivity index (χ3n) is 4.03. The number of carbonyl (C=O) groups is 2. The zero-order chi connectivity index (χ0) is 20.1. The molecule has 0 aliphatic rings. The molecule has 0 N–H and O–H groups in total. The normalized spacial score (nSPS) is 10.5. The molecule has 28 heavy (non-hydrogen) atoms. The Kier molecular flexibility index (Phi) is 6.00. The summed E-state index contributed by atoms with van der Waals surface area (Å²) in [6.45, 7) is 3.44. The molecule has 2 heterocycles. The van der Waals surface area contributed by atoms with Gasteiger partial charge in [0.2, 0.25) is 5.91 Å². The summed E-state index contributed by atoms with van der Waals surface area (Å²) in [5.41, 5.74) is 2.30. The molecule has 0 saturated heterocycles. The lowest BCUT2D eigenvalue weighted by atomic mass is 10.1. The van der Waals surface area contributed by atoms with Crippen LogP contribution in [0.15, 0.2) is 54.0 Å². The molecule has 0 unspecified atom stereocenters. The molecule has 0 aliphatic carbocycles. The molecule has 0 radical (unpaired) electrons. The number of esters is 1. The summed E-state index contributed by atoms with van der Waals surface area (Å²) in [5, 5.41) is 13.8. The number of rotatable bonds is 6. The lowest BCUT2D eigenvalue weighted by molar-refractivity contribution is -0.608. The summed E-state index contributed by atoms with van der Waals surface area (Å²) >= 11 is 1.28. The molecule has 1 amide bonds. The number of aromatic nitrogens is 2. The second-order valence-electron chi connectivity index (χ2n) is 5.98. The van der Waals surface area contributed by atoms with Gasteiger partial charge in [0.1, 0.15) is 6.61 Å². The standard InChI is InChI=1S/C20H19N3O4S/c1-3-15-7-9-17(10-8-15)23(14(2)24)20-21-16(13-28-20)12-27-19(25)18-6-4-5-11-22(18)26/h4-11,13H,3,12H2,1-2H3. The number of nitrogens with zero attached hydrogens (tertiary/aromatic N) is 3. The highest BCUT2D eigenvalue weighted by atomic mass is 32.1. The van der Waals surface area contributed by atoms with E-state index in [1.54, 1.807) is 11.4 Å². The maximum absolute atomic E-state index is 12.2. The van der Waals surface area contributed by atoms with Crippen LogP contribution < -0.4 is 9.63 Å². The first-order valence-electron chi connectivity index (χ1n) is 8.69. The summed E-state index contributed by atoms with van der Waals surface area (Å²) in [4.78, 5) is 30.1. The van der Waals surface area contributed by atoms with Crippen LogP contribution in [-0.4, -0.2) is 16.9 Å². The Labute approximate surface area is 166 Å². The Morgan fingerprint density at radius 1 is 1.21 bits per heavy atom. The first-order valence-corrected chi connectivity index (χ1v) is 9.57. The molecular weight excluding hydrogens is 378 g/mol. The zero-order valence-corrected chi connectivity index (χ0v) is 16.3. The van der Waals surface area contributed by atoms with Crippen molar-refractivity contribution in [2.45, 2.75) is 26.9 Å². The molecule has 8 heteroatoms. The fourth-order valence-corrected chi connectivity index (χ4v) is 3.44. The van der Waals surface area contributed by atoms with Gasteiger partial charge in [-0.2, -0.15) is 4.73 Å². The maximum atomic E-state index is 12.2. The number of thiazole rings is 1. The van der Waals surface area contributed by atoms with Crippen LogP contribution in [0.3, 0.4) is 0 Å². The third kappa shape index (κ3) is 4.34. The molecular formula is C20H19N3O4S. The maximum Gasteiger partial charge on any atom is 0.405 e. The molecule has 0 aliphatic heterocycles. The van der Waals surface area contributed by atoms with Crippen LogP contribution in [0, 0.1) is 5.21 Å². The van der Waals surface area contributed by atoms with Crippen LogP contribution in [0.1, 0.15) is 35.6 Å². The van der Waals surface area contributed by atoms with Crippen molar-refractivity contribution in [3.63, 3.8) is 0 Å². The largest absolute Gasteiger partial charge is 0.618 e. The Hall–Kier alpha value is -3.26. The van der Waals surface area contributed by atoms with Gasteiger partial charge < -0.3 is 9.94 Å². The minimum Gasteiger partial charge on any atom is -0.618 e. The van der Waals surface area contributed by atoms with Crippen molar-refractivity contribution in [2.24, 2.45) is 0 Å². The number of amides is 1. The molecule has 0 bridgehead atoms. The molecule has 3 rings (SSSR count). The fourth-order valence-electron chi connectivity index (χ4n) is 2.57. The Balaban J connectivity index is 1.73. The minimum absolute atomic E-state index is 0.0925. The van der Waals surface area contributed by atoms with E-state index in [9.17, 15) is 14.8 Å². The Morgan fingerprint density at radius 3 is 2.61 bits per heavy atom. The summed E-state index contributed by atoms with van der Waals surface area (Å²) in [6.07, 6.45) is 2.14. The van der Waals surface area contributed by atoms with E-state index in [4.69, 9.17) is 4.74 Å². The third-order valence-corrected chi connectivity index (χ3v) is 4.91. The van der Waals surface area contributed by atoms with E-state index in [-0.39, 0.29) is 18.2 Å². The van der Waals surface area contributed by atoms with Crippen molar-refractivity contribution in [1.82, 2.24) is 4.98 Å². The number of carbonyl (C=O) groups excluding carboxylic acids is 2. The lowest BCUT2D eigenvalue weighted by Crippen LogP contribution is -2.34. The summed E-state index contributed by atoms with van der Waals surface area (Å²) in [7, 11) is 0. The molecule has 0 spiro atoms. The van der Waals surface area contributed by atoms with E-state index in [2.05, 4.69) is 11.9 Å². The van der Waals surface area contributed by atoms with Gasteiger partial charge >= 0.3 is 11.7 Å². The highest BCUT2D eigenvalue weighted by Gasteiger charge is 2.20. The van der Waals surface area contributed by atoms with E-state index in [0.29, 0.717) is 15.6 Å². The number of benzene rings is 1. The molecule has 0 fully saturated rings. The van der Waals surface area contributed by atoms with Crippen molar-refractivity contribution in [1.29, 1.82) is 0 Å². The van der Waals surface area contributed by atoms with Crippen molar-refractivity contribution in [3.8, 4) is 0 Å². The van der Waals surface area contributed by atoms with E-state index < -0.39 is 5.97 Å². The van der Waals surface area contributed by atoms with Gasteiger partial charge in [-0.3, -0.25) is 9.69 Å². The predicted molar refractivity (Wildman–Crippen MR) is 105 cm³/mol. The van der Waals surface area contributed by atoms with Crippen molar-refractivity contribution in [3.05, 3.63) is 76.2 Å². The number of aryl methyl sites for hydroxylation is 1. The van der Waals surface area contributed by atoms with Gasteiger partial charge in [0, 0.05) is 24.4 Å². The van der Waals surface area contributed by atoms with E-state index in [1.807, 2.05) is 24.3 Å². The highest BCUT2D eigenvalue weighted by Crippen LogP contribution is 2.29. The van der Waals surface area contributed by atoms with Gasteiger partial charge in [0.25, 0.3) is 0 Å². The zero-order valence-electron chi connectivity index (χ0n) is 15.5. The Bertz CT molecular complexity index is 985. The van der Waals surface area contributed by atoms with Gasteiger partial charge in [-0.05, 0) is 30.2 Å². The fraction of sp³-hybridized carbons (Fsp3) is 0.200. The van der Waals surface area contributed by atoms with Gasteiger partial charge in [0.05, 0.1) is 11.4 Å². The van der Waals surface area contributed by atoms with Crippen LogP contribution >= 0.6 is 11.3 Å². The first kappa shape index (κ1) is 19.5. The average Bonchev–Trinajstić information content (AvgIpc) is 3.15. The van der Waals surface area contributed by atoms with Gasteiger partial charge in [-0.15, -0.1) is 11.3 Å². The highest BCUT2D eigenvalue weighted by molar-refractivity contribution is 7.14. The molecule has 3 aromatic rings. The number of hydrogen-bond acceptors (Lipinski definition) is 6. The van der Waals surface area contributed by atoms with Crippen molar-refractivity contribution in [2.75, 3.05) is 4.90 Å². The molecule has 1 aromatic carbocycles. The minimum atomic E-state index is -0.733. The average molecular weight is 397 g/mol. The number of hydrogen-bond donors (Lipinski definition) is 0. The van der Waals surface area contributed by atoms with E-state index in [1.165, 1.54) is 47.1 Å². The number of ether oxygens (including phenoxy) is 1. The molecule has 0 atom stereocenters. The van der Waals surface area contributed by atoms with E-state index in [0.717, 1.165) is 12.1 Å². The molecule has 2 aromatic heterocycles. The van der Waals surface area contributed by atoms with Crippen LogP contribution in [-0.2, 0) is 22.6 Å². The number of anilines is 2. The molecule has 7 nitrogen and oxygen atoms in total. The summed E-state index contributed by atoms with van der Waals surface area (Å²) < 4.78 is 5.62. The van der Waals surface area contributed by atoms with Crippen LogP contribution in [0.2, 0.25) is 0 Å². The second-order valence-corrected chi connectivity index (χ2v) is 6.82.